The molecule has 3 aromatic heterocycles. The van der Waals surface area contributed by atoms with Gasteiger partial charge in [-0.15, -0.1) is 0 Å². The second-order valence-electron chi connectivity index (χ2n) is 6.96. The average molecular weight is 472 g/mol. The summed E-state index contributed by atoms with van der Waals surface area (Å²) in [4.78, 5) is 38.6. The molecule has 0 aliphatic carbocycles. The fourth-order valence-electron chi connectivity index (χ4n) is 3.34. The second kappa shape index (κ2) is 8.71. The van der Waals surface area contributed by atoms with Crippen molar-refractivity contribution in [1.82, 2.24) is 29.5 Å². The summed E-state index contributed by atoms with van der Waals surface area (Å²) in [6.45, 7) is 0. The van der Waals surface area contributed by atoms with Crippen LogP contribution in [0.25, 0.3) is 11.2 Å². The Morgan fingerprint density at radius 3 is 2.71 bits per heavy atom. The predicted octanol–water partition coefficient (Wildman–Crippen LogP) is 0.590. The van der Waals surface area contributed by atoms with Gasteiger partial charge in [-0.2, -0.15) is 9.97 Å². The van der Waals surface area contributed by atoms with Crippen molar-refractivity contribution in [3.8, 4) is 0 Å². The summed E-state index contributed by atoms with van der Waals surface area (Å²) in [5.41, 5.74) is 0.573. The highest BCUT2D eigenvalue weighted by Crippen LogP contribution is 2.38. The molecule has 3 aromatic rings. The van der Waals surface area contributed by atoms with Crippen molar-refractivity contribution < 1.29 is 29.3 Å². The molecule has 0 spiro atoms. The van der Waals surface area contributed by atoms with Crippen LogP contribution in [0.15, 0.2) is 24.9 Å². The van der Waals surface area contributed by atoms with E-state index in [4.69, 9.17) is 26.1 Å². The van der Waals surface area contributed by atoms with E-state index >= 15 is 0 Å². The van der Waals surface area contributed by atoms with Crippen molar-refractivity contribution in [2.75, 3.05) is 11.5 Å². The van der Waals surface area contributed by atoms with Gasteiger partial charge in [-0.05, 0) is 24.4 Å². The fraction of sp³-hybridized carbons (Fsp3) is 0.438. The SMILES string of the molecule is O=P(O)(O)CCC[C@H]1O[C@@H](n2cnc3c(Nc4cnccn4)nc(Cl)nc32)C(O)C1O. The topological polar surface area (TPSA) is 189 Å². The first-order valence-electron chi connectivity index (χ1n) is 9.22. The Morgan fingerprint density at radius 1 is 1.19 bits per heavy atom. The van der Waals surface area contributed by atoms with Gasteiger partial charge in [0, 0.05) is 18.6 Å². The molecular formula is C16H19ClN7O6P. The number of imidazole rings is 1. The fourth-order valence-corrected chi connectivity index (χ4v) is 4.10. The van der Waals surface area contributed by atoms with Crippen molar-refractivity contribution >= 4 is 42.0 Å². The number of aliphatic hydroxyl groups excluding tert-OH is 2. The average Bonchev–Trinajstić information content (AvgIpc) is 3.24. The first kappa shape index (κ1) is 22.0. The largest absolute Gasteiger partial charge is 0.388 e. The minimum absolute atomic E-state index is 0.0909. The molecule has 1 aliphatic heterocycles. The van der Waals surface area contributed by atoms with E-state index in [2.05, 4.69) is 30.2 Å². The molecular weight excluding hydrogens is 453 g/mol. The highest BCUT2D eigenvalue weighted by molar-refractivity contribution is 7.51. The third-order valence-corrected chi connectivity index (χ3v) is 5.82. The van der Waals surface area contributed by atoms with Gasteiger partial charge in [0.05, 0.1) is 18.6 Å². The van der Waals surface area contributed by atoms with Crippen molar-refractivity contribution in [2.45, 2.75) is 37.4 Å². The molecule has 15 heteroatoms. The zero-order chi connectivity index (χ0) is 22.2. The van der Waals surface area contributed by atoms with E-state index in [9.17, 15) is 14.8 Å². The monoisotopic (exact) mass is 471 g/mol. The van der Waals surface area contributed by atoms with E-state index in [1.54, 1.807) is 0 Å². The molecule has 0 saturated carbocycles. The maximum atomic E-state index is 11.0. The van der Waals surface area contributed by atoms with E-state index in [0.29, 0.717) is 11.3 Å². The maximum absolute atomic E-state index is 11.0. The number of nitrogens with one attached hydrogen (secondary N) is 1. The van der Waals surface area contributed by atoms with Gasteiger partial charge in [0.15, 0.2) is 23.2 Å². The second-order valence-corrected chi connectivity index (χ2v) is 9.07. The van der Waals surface area contributed by atoms with E-state index in [-0.39, 0.29) is 35.8 Å². The molecule has 4 atom stereocenters. The first-order chi connectivity index (χ1) is 14.7. The van der Waals surface area contributed by atoms with Gasteiger partial charge < -0.3 is 30.1 Å². The normalized spacial score (nSPS) is 24.0. The minimum atomic E-state index is -4.16. The highest BCUT2D eigenvalue weighted by Gasteiger charge is 2.44. The highest BCUT2D eigenvalue weighted by atomic mass is 35.5. The summed E-state index contributed by atoms with van der Waals surface area (Å²) in [5, 5.41) is 23.7. The van der Waals surface area contributed by atoms with Crippen LogP contribution in [0.2, 0.25) is 5.28 Å². The van der Waals surface area contributed by atoms with E-state index in [1.807, 2.05) is 0 Å². The van der Waals surface area contributed by atoms with Crippen molar-refractivity contribution in [1.29, 1.82) is 0 Å². The van der Waals surface area contributed by atoms with E-state index < -0.39 is 32.1 Å². The number of hydrogen-bond donors (Lipinski definition) is 5. The number of rotatable bonds is 7. The van der Waals surface area contributed by atoms with Crippen molar-refractivity contribution in [3.05, 3.63) is 30.2 Å². The van der Waals surface area contributed by atoms with Gasteiger partial charge in [0.1, 0.15) is 18.0 Å². The number of ether oxygens (including phenoxy) is 1. The number of aliphatic hydroxyl groups is 2. The Hall–Kier alpha value is -2.25. The summed E-state index contributed by atoms with van der Waals surface area (Å²) in [6, 6.07) is 0. The molecule has 5 N–H and O–H groups in total. The molecule has 31 heavy (non-hydrogen) atoms. The quantitative estimate of drug-likeness (QED) is 0.238. The number of anilines is 2. The van der Waals surface area contributed by atoms with Crippen LogP contribution in [0.4, 0.5) is 11.6 Å². The molecule has 1 saturated heterocycles. The van der Waals surface area contributed by atoms with Gasteiger partial charge in [0.25, 0.3) is 0 Å². The Labute approximate surface area is 180 Å². The Kier molecular flexibility index (Phi) is 6.17. The number of aromatic nitrogens is 6. The first-order valence-corrected chi connectivity index (χ1v) is 11.4. The van der Waals surface area contributed by atoms with Crippen molar-refractivity contribution in [2.24, 2.45) is 0 Å². The predicted molar refractivity (Wildman–Crippen MR) is 108 cm³/mol. The summed E-state index contributed by atoms with van der Waals surface area (Å²) in [5.74, 6) is 0.672. The zero-order valence-electron chi connectivity index (χ0n) is 15.9. The van der Waals surface area contributed by atoms with Crippen LogP contribution >= 0.6 is 19.2 Å². The molecule has 1 fully saturated rings. The molecule has 4 heterocycles. The lowest BCUT2D eigenvalue weighted by atomic mass is 10.1. The summed E-state index contributed by atoms with van der Waals surface area (Å²) >= 11 is 6.06. The van der Waals surface area contributed by atoms with Gasteiger partial charge in [-0.25, -0.2) is 9.97 Å². The lowest BCUT2D eigenvalue weighted by Crippen LogP contribution is -2.31. The standard InChI is InChI=1S/C16H19ClN7O6P/c17-16-22-13(21-9-6-18-3-4-19-9)10-14(23-16)24(7-20-10)15-12(26)11(25)8(30-15)2-1-5-31(27,28)29/h3-4,6-8,11-12,15,25-26H,1-2,5H2,(H2,27,28,29)(H,19,21,22,23)/t8-,11?,12?,15-/m1/s1. The van der Waals surface area contributed by atoms with Crippen LogP contribution in [0.5, 0.6) is 0 Å². The lowest BCUT2D eigenvalue weighted by molar-refractivity contribution is -0.0370. The summed E-state index contributed by atoms with van der Waals surface area (Å²) in [7, 11) is -4.16. The number of fused-ring (bicyclic) bond motifs is 1. The molecule has 0 aromatic carbocycles. The maximum Gasteiger partial charge on any atom is 0.325 e. The molecule has 13 nitrogen and oxygen atoms in total. The number of nitrogens with zero attached hydrogens (tertiary/aromatic N) is 6. The molecule has 0 amide bonds. The van der Waals surface area contributed by atoms with Gasteiger partial charge in [0.2, 0.25) is 5.28 Å². The zero-order valence-corrected chi connectivity index (χ0v) is 17.5. The Morgan fingerprint density at radius 2 is 2.00 bits per heavy atom. The molecule has 1 aliphatic rings. The molecule has 0 radical (unpaired) electrons. The van der Waals surface area contributed by atoms with Crippen LogP contribution in [0.1, 0.15) is 19.1 Å². The lowest BCUT2D eigenvalue weighted by Gasteiger charge is -2.16. The Bertz CT molecular complexity index is 1110. The third-order valence-electron chi connectivity index (χ3n) is 4.75. The minimum Gasteiger partial charge on any atom is -0.388 e. The van der Waals surface area contributed by atoms with Crippen LogP contribution < -0.4 is 5.32 Å². The summed E-state index contributed by atoms with van der Waals surface area (Å²) in [6.07, 6.45) is 1.38. The third kappa shape index (κ3) is 4.83. The van der Waals surface area contributed by atoms with Gasteiger partial charge >= 0.3 is 7.60 Å². The van der Waals surface area contributed by atoms with Gasteiger partial charge in [-0.1, -0.05) is 0 Å². The smallest absolute Gasteiger partial charge is 0.325 e. The molecule has 166 valence electrons. The van der Waals surface area contributed by atoms with Gasteiger partial charge in [-0.3, -0.25) is 14.1 Å². The van der Waals surface area contributed by atoms with E-state index in [0.717, 1.165) is 0 Å². The van der Waals surface area contributed by atoms with Crippen LogP contribution in [0, 0.1) is 0 Å². The molecule has 2 unspecified atom stereocenters. The Balaban J connectivity index is 1.59. The van der Waals surface area contributed by atoms with Crippen molar-refractivity contribution in [3.63, 3.8) is 0 Å². The van der Waals surface area contributed by atoms with Crippen LogP contribution in [0.3, 0.4) is 0 Å². The molecule has 0 bridgehead atoms. The molecule has 4 rings (SSSR count). The summed E-state index contributed by atoms with van der Waals surface area (Å²) < 4.78 is 18.2. The number of halogens is 1. The number of hydrogen-bond acceptors (Lipinski definition) is 10. The van der Waals surface area contributed by atoms with Crippen LogP contribution in [-0.4, -0.2) is 74.0 Å². The van der Waals surface area contributed by atoms with Crippen LogP contribution in [-0.2, 0) is 9.30 Å². The van der Waals surface area contributed by atoms with E-state index in [1.165, 1.54) is 29.5 Å².